The highest BCUT2D eigenvalue weighted by atomic mass is 32.2. The van der Waals surface area contributed by atoms with Crippen molar-refractivity contribution >= 4 is 21.4 Å². The van der Waals surface area contributed by atoms with Crippen LogP contribution in [0.1, 0.15) is 11.9 Å². The van der Waals surface area contributed by atoms with Crippen molar-refractivity contribution in [1.29, 1.82) is 0 Å². The summed E-state index contributed by atoms with van der Waals surface area (Å²) in [7, 11) is -2.17. The minimum Gasteiger partial charge on any atom is -0.492 e. The molecule has 2 aromatic rings. The molecule has 0 fully saturated rings. The third-order valence-corrected chi connectivity index (χ3v) is 5.30. The van der Waals surface area contributed by atoms with Gasteiger partial charge < -0.3 is 9.47 Å². The highest BCUT2D eigenvalue weighted by Gasteiger charge is 2.20. The van der Waals surface area contributed by atoms with E-state index in [0.29, 0.717) is 19.0 Å². The zero-order valence-corrected chi connectivity index (χ0v) is 15.0. The molecule has 126 valence electrons. The standard InChI is InChI=1S/C15H20N2O4S2/c1-4-21-14-6-5-12(13-10-22-11(2)17-13)9-15(14)23(18,19)16-7-8-20-3/h5-6,9-10,16H,4,7-8H2,1-3H3. The van der Waals surface area contributed by atoms with Gasteiger partial charge in [0.15, 0.2) is 0 Å². The molecule has 0 aliphatic heterocycles. The maximum absolute atomic E-state index is 12.5. The second kappa shape index (κ2) is 7.87. The molecular weight excluding hydrogens is 336 g/mol. The zero-order valence-electron chi connectivity index (χ0n) is 13.3. The molecule has 0 radical (unpaired) electrons. The normalized spacial score (nSPS) is 11.6. The Hall–Kier alpha value is -1.48. The number of thiazole rings is 1. The predicted octanol–water partition coefficient (Wildman–Crippen LogP) is 2.44. The maximum Gasteiger partial charge on any atom is 0.244 e. The van der Waals surface area contributed by atoms with Crippen LogP contribution >= 0.6 is 11.3 Å². The largest absolute Gasteiger partial charge is 0.492 e. The summed E-state index contributed by atoms with van der Waals surface area (Å²) in [6.45, 7) is 4.60. The molecule has 6 nitrogen and oxygen atoms in total. The second-order valence-electron chi connectivity index (χ2n) is 4.74. The lowest BCUT2D eigenvalue weighted by atomic mass is 10.2. The Bertz CT molecular complexity index is 757. The first-order valence-electron chi connectivity index (χ1n) is 7.16. The number of benzene rings is 1. The van der Waals surface area contributed by atoms with Crippen LogP contribution < -0.4 is 9.46 Å². The van der Waals surface area contributed by atoms with Crippen LogP contribution in [0.15, 0.2) is 28.5 Å². The lowest BCUT2D eigenvalue weighted by Gasteiger charge is -2.13. The molecule has 1 aromatic heterocycles. The first-order valence-corrected chi connectivity index (χ1v) is 9.52. The smallest absolute Gasteiger partial charge is 0.244 e. The van der Waals surface area contributed by atoms with E-state index in [-0.39, 0.29) is 11.4 Å². The van der Waals surface area contributed by atoms with Crippen molar-refractivity contribution in [2.45, 2.75) is 18.7 Å². The third kappa shape index (κ3) is 4.51. The Morgan fingerprint density at radius 3 is 2.74 bits per heavy atom. The van der Waals surface area contributed by atoms with Crippen LogP contribution in [0.25, 0.3) is 11.3 Å². The van der Waals surface area contributed by atoms with Crippen molar-refractivity contribution in [3.8, 4) is 17.0 Å². The molecular formula is C15H20N2O4S2. The number of sulfonamides is 1. The number of hydrogen-bond acceptors (Lipinski definition) is 6. The molecule has 0 bridgehead atoms. The van der Waals surface area contributed by atoms with Gasteiger partial charge in [-0.1, -0.05) is 0 Å². The fourth-order valence-electron chi connectivity index (χ4n) is 2.00. The Kier molecular flexibility index (Phi) is 6.11. The van der Waals surface area contributed by atoms with Gasteiger partial charge in [0, 0.05) is 24.6 Å². The Morgan fingerprint density at radius 2 is 2.13 bits per heavy atom. The fourth-order valence-corrected chi connectivity index (χ4v) is 3.81. The van der Waals surface area contributed by atoms with Crippen molar-refractivity contribution in [2.24, 2.45) is 0 Å². The minimum absolute atomic E-state index is 0.110. The Morgan fingerprint density at radius 1 is 1.35 bits per heavy atom. The first kappa shape index (κ1) is 17.9. The number of ether oxygens (including phenoxy) is 2. The summed E-state index contributed by atoms with van der Waals surface area (Å²) in [5.41, 5.74) is 1.49. The van der Waals surface area contributed by atoms with E-state index < -0.39 is 10.0 Å². The molecule has 0 atom stereocenters. The predicted molar refractivity (Wildman–Crippen MR) is 90.5 cm³/mol. The monoisotopic (exact) mass is 356 g/mol. The van der Waals surface area contributed by atoms with E-state index in [4.69, 9.17) is 9.47 Å². The molecule has 1 aromatic carbocycles. The molecule has 0 aliphatic carbocycles. The third-order valence-electron chi connectivity index (χ3n) is 3.05. The van der Waals surface area contributed by atoms with Gasteiger partial charge in [-0.05, 0) is 32.0 Å². The molecule has 0 spiro atoms. The summed E-state index contributed by atoms with van der Waals surface area (Å²) in [5.74, 6) is 0.327. The average molecular weight is 356 g/mol. The van der Waals surface area contributed by atoms with Gasteiger partial charge in [0.25, 0.3) is 0 Å². The Labute approximate surface area is 140 Å². The lowest BCUT2D eigenvalue weighted by molar-refractivity contribution is 0.204. The van der Waals surface area contributed by atoms with Gasteiger partial charge in [0.2, 0.25) is 10.0 Å². The van der Waals surface area contributed by atoms with Gasteiger partial charge in [-0.25, -0.2) is 18.1 Å². The van der Waals surface area contributed by atoms with Crippen LogP contribution in [-0.2, 0) is 14.8 Å². The van der Waals surface area contributed by atoms with Crippen LogP contribution in [0.4, 0.5) is 0 Å². The molecule has 0 unspecified atom stereocenters. The number of nitrogens with zero attached hydrogens (tertiary/aromatic N) is 1. The Balaban J connectivity index is 2.41. The second-order valence-corrected chi connectivity index (χ2v) is 7.53. The van der Waals surface area contributed by atoms with Gasteiger partial charge in [0.1, 0.15) is 10.6 Å². The minimum atomic E-state index is -3.69. The molecule has 2 rings (SSSR count). The van der Waals surface area contributed by atoms with E-state index >= 15 is 0 Å². The SMILES string of the molecule is CCOc1ccc(-c2csc(C)n2)cc1S(=O)(=O)NCCOC. The average Bonchev–Trinajstić information content (AvgIpc) is 2.94. The molecule has 1 heterocycles. The van der Waals surface area contributed by atoms with Crippen molar-refractivity contribution in [3.63, 3.8) is 0 Å². The molecule has 1 N–H and O–H groups in total. The summed E-state index contributed by atoms with van der Waals surface area (Å²) in [6.07, 6.45) is 0. The molecule has 23 heavy (non-hydrogen) atoms. The molecule has 0 amide bonds. The highest BCUT2D eigenvalue weighted by molar-refractivity contribution is 7.89. The highest BCUT2D eigenvalue weighted by Crippen LogP contribution is 2.30. The van der Waals surface area contributed by atoms with Crippen LogP contribution in [0.5, 0.6) is 5.75 Å². The molecule has 0 saturated heterocycles. The van der Waals surface area contributed by atoms with Gasteiger partial charge in [-0.2, -0.15) is 0 Å². The lowest BCUT2D eigenvalue weighted by Crippen LogP contribution is -2.27. The molecule has 0 saturated carbocycles. The summed E-state index contributed by atoms with van der Waals surface area (Å²) < 4.78 is 37.9. The van der Waals surface area contributed by atoms with Gasteiger partial charge in [0.05, 0.1) is 23.9 Å². The summed E-state index contributed by atoms with van der Waals surface area (Å²) in [6, 6.07) is 5.07. The number of methoxy groups -OCH3 is 1. The quantitative estimate of drug-likeness (QED) is 0.735. The van der Waals surface area contributed by atoms with Crippen LogP contribution in [0, 0.1) is 6.92 Å². The van der Waals surface area contributed by atoms with E-state index in [1.165, 1.54) is 18.4 Å². The molecule has 8 heteroatoms. The van der Waals surface area contributed by atoms with Crippen molar-refractivity contribution in [1.82, 2.24) is 9.71 Å². The van der Waals surface area contributed by atoms with Gasteiger partial charge >= 0.3 is 0 Å². The van der Waals surface area contributed by atoms with E-state index in [1.807, 2.05) is 25.3 Å². The topological polar surface area (TPSA) is 77.5 Å². The number of hydrogen-bond donors (Lipinski definition) is 1. The molecule has 0 aliphatic rings. The van der Waals surface area contributed by atoms with Crippen LogP contribution in [-0.4, -0.2) is 40.3 Å². The maximum atomic E-state index is 12.5. The van der Waals surface area contributed by atoms with E-state index in [2.05, 4.69) is 9.71 Å². The van der Waals surface area contributed by atoms with E-state index in [9.17, 15) is 8.42 Å². The fraction of sp³-hybridized carbons (Fsp3) is 0.400. The first-order chi connectivity index (χ1) is 11.0. The van der Waals surface area contributed by atoms with Crippen LogP contribution in [0.2, 0.25) is 0 Å². The van der Waals surface area contributed by atoms with Crippen molar-refractivity contribution in [3.05, 3.63) is 28.6 Å². The number of nitrogens with one attached hydrogen (secondary N) is 1. The summed E-state index contributed by atoms with van der Waals surface area (Å²) >= 11 is 1.52. The van der Waals surface area contributed by atoms with Gasteiger partial charge in [-0.15, -0.1) is 11.3 Å². The van der Waals surface area contributed by atoms with E-state index in [0.717, 1.165) is 16.3 Å². The number of aryl methyl sites for hydroxylation is 1. The summed E-state index contributed by atoms with van der Waals surface area (Å²) in [5, 5.41) is 2.83. The zero-order chi connectivity index (χ0) is 16.9. The van der Waals surface area contributed by atoms with E-state index in [1.54, 1.807) is 12.1 Å². The van der Waals surface area contributed by atoms with Gasteiger partial charge in [-0.3, -0.25) is 0 Å². The summed E-state index contributed by atoms with van der Waals surface area (Å²) in [4.78, 5) is 4.51. The van der Waals surface area contributed by atoms with Crippen LogP contribution in [0.3, 0.4) is 0 Å². The van der Waals surface area contributed by atoms with Crippen molar-refractivity contribution < 1.29 is 17.9 Å². The van der Waals surface area contributed by atoms with Crippen molar-refractivity contribution in [2.75, 3.05) is 26.9 Å². The number of rotatable bonds is 8. The number of aromatic nitrogens is 1.